The van der Waals surface area contributed by atoms with Crippen LogP contribution in [0.4, 0.5) is 18.9 Å². The summed E-state index contributed by atoms with van der Waals surface area (Å²) in [5.74, 6) is 0. The Morgan fingerprint density at radius 2 is 1.75 bits per heavy atom. The summed E-state index contributed by atoms with van der Waals surface area (Å²) in [6, 6.07) is 0. The number of rotatable bonds is 3. The van der Waals surface area contributed by atoms with Gasteiger partial charge in [-0.2, -0.15) is 23.4 Å². The third kappa shape index (κ3) is 3.06. The van der Waals surface area contributed by atoms with Crippen LogP contribution in [0.15, 0.2) is 12.4 Å². The molecule has 0 fully saturated rings. The molecule has 0 saturated carbocycles. The van der Waals surface area contributed by atoms with Crippen molar-refractivity contribution in [1.29, 1.82) is 0 Å². The Morgan fingerprint density at radius 3 is 2.25 bits per heavy atom. The Kier molecular flexibility index (Phi) is 4.69. The summed E-state index contributed by atoms with van der Waals surface area (Å²) < 4.78 is 41.0. The maximum Gasteiger partial charge on any atom is 0.433 e. The normalized spacial score (nSPS) is 11.3. The zero-order chi connectivity index (χ0) is 14.2. The molecule has 0 amide bonds. The molecule has 0 aromatic carbocycles. The highest BCUT2D eigenvalue weighted by atomic mass is 35.5. The molecule has 5 nitrogen and oxygen atoms in total. The van der Waals surface area contributed by atoms with E-state index in [1.165, 1.54) is 13.2 Å². The summed E-state index contributed by atoms with van der Waals surface area (Å²) in [6.07, 6.45) is -1.60. The van der Waals surface area contributed by atoms with Gasteiger partial charge in [0.2, 0.25) is 0 Å². The van der Waals surface area contributed by atoms with E-state index in [0.29, 0.717) is 5.69 Å². The molecule has 0 bridgehead atoms. The lowest BCUT2D eigenvalue weighted by Gasteiger charge is -2.11. The summed E-state index contributed by atoms with van der Waals surface area (Å²) >= 11 is 0. The van der Waals surface area contributed by atoms with Crippen molar-refractivity contribution < 1.29 is 13.2 Å². The average molecular weight is 310 g/mol. The van der Waals surface area contributed by atoms with Crippen LogP contribution in [0.1, 0.15) is 17.0 Å². The summed E-state index contributed by atoms with van der Waals surface area (Å²) in [5, 5.41) is 10.6. The molecule has 2 aromatic rings. The van der Waals surface area contributed by atoms with E-state index >= 15 is 0 Å². The van der Waals surface area contributed by atoms with Crippen LogP contribution in [0.3, 0.4) is 0 Å². The van der Waals surface area contributed by atoms with Crippen molar-refractivity contribution in [2.45, 2.75) is 19.6 Å². The van der Waals surface area contributed by atoms with Crippen molar-refractivity contribution >= 4 is 18.1 Å². The first-order valence-electron chi connectivity index (χ1n) is 5.61. The van der Waals surface area contributed by atoms with Gasteiger partial charge in [-0.3, -0.25) is 9.36 Å². The van der Waals surface area contributed by atoms with E-state index in [4.69, 9.17) is 0 Å². The average Bonchev–Trinajstić information content (AvgIpc) is 2.82. The smallest absolute Gasteiger partial charge is 0.378 e. The van der Waals surface area contributed by atoms with Crippen molar-refractivity contribution in [1.82, 2.24) is 19.6 Å². The van der Waals surface area contributed by atoms with Gasteiger partial charge in [-0.05, 0) is 6.92 Å². The lowest BCUT2D eigenvalue weighted by atomic mass is 10.2. The molecule has 0 unspecified atom stereocenters. The Morgan fingerprint density at radius 1 is 1.15 bits per heavy atom. The maximum atomic E-state index is 12.8. The van der Waals surface area contributed by atoms with Gasteiger partial charge in [-0.15, -0.1) is 12.4 Å². The van der Waals surface area contributed by atoms with Gasteiger partial charge in [0.05, 0.1) is 23.8 Å². The van der Waals surface area contributed by atoms with Crippen molar-refractivity contribution in [3.8, 4) is 0 Å². The molecule has 9 heteroatoms. The van der Waals surface area contributed by atoms with Crippen LogP contribution in [-0.2, 0) is 26.8 Å². The fraction of sp³-hybridized carbons (Fsp3) is 0.455. The van der Waals surface area contributed by atoms with Gasteiger partial charge in [0, 0.05) is 26.2 Å². The molecule has 1 N–H and O–H groups in total. The number of alkyl halides is 3. The minimum Gasteiger partial charge on any atom is -0.378 e. The van der Waals surface area contributed by atoms with Gasteiger partial charge in [0.1, 0.15) is 5.69 Å². The highest BCUT2D eigenvalue weighted by Crippen LogP contribution is 2.31. The SMILES string of the molecule is Cc1c(NCc2cnn(C)c2C(F)(F)F)cnn1C.Cl. The Bertz CT molecular complexity index is 587. The van der Waals surface area contributed by atoms with E-state index in [9.17, 15) is 13.2 Å². The van der Waals surface area contributed by atoms with Gasteiger partial charge in [-0.25, -0.2) is 0 Å². The number of hydrogen-bond acceptors (Lipinski definition) is 3. The van der Waals surface area contributed by atoms with Crippen LogP contribution in [0.5, 0.6) is 0 Å². The van der Waals surface area contributed by atoms with Crippen LogP contribution in [0, 0.1) is 6.92 Å². The van der Waals surface area contributed by atoms with E-state index in [2.05, 4.69) is 15.5 Å². The Hall–Kier alpha value is -1.70. The van der Waals surface area contributed by atoms with E-state index in [-0.39, 0.29) is 24.5 Å². The molecule has 0 aliphatic carbocycles. The quantitative estimate of drug-likeness (QED) is 0.947. The number of nitrogens with zero attached hydrogens (tertiary/aromatic N) is 4. The zero-order valence-corrected chi connectivity index (χ0v) is 12.0. The first kappa shape index (κ1) is 16.4. The van der Waals surface area contributed by atoms with E-state index < -0.39 is 11.9 Å². The van der Waals surface area contributed by atoms with Crippen LogP contribution in [-0.4, -0.2) is 19.6 Å². The zero-order valence-electron chi connectivity index (χ0n) is 11.2. The minimum absolute atomic E-state index is 0. The molecule has 0 aliphatic rings. The third-order valence-electron chi connectivity index (χ3n) is 2.99. The number of anilines is 1. The molecule has 112 valence electrons. The van der Waals surface area contributed by atoms with Gasteiger partial charge in [0.15, 0.2) is 0 Å². The number of nitrogens with one attached hydrogen (secondary N) is 1. The van der Waals surface area contributed by atoms with Crippen molar-refractivity contribution in [2.24, 2.45) is 14.1 Å². The van der Waals surface area contributed by atoms with E-state index in [1.807, 2.05) is 6.92 Å². The number of aromatic nitrogens is 4. The fourth-order valence-electron chi connectivity index (χ4n) is 1.84. The molecule has 2 heterocycles. The minimum atomic E-state index is -4.41. The molecular formula is C11H15ClF3N5. The first-order chi connectivity index (χ1) is 8.80. The van der Waals surface area contributed by atoms with Crippen LogP contribution < -0.4 is 5.32 Å². The first-order valence-corrected chi connectivity index (χ1v) is 5.61. The predicted octanol–water partition coefficient (Wildman–Crippen LogP) is 2.51. The predicted molar refractivity (Wildman–Crippen MR) is 70.7 cm³/mol. The second-order valence-corrected chi connectivity index (χ2v) is 4.26. The summed E-state index contributed by atoms with van der Waals surface area (Å²) in [7, 11) is 3.05. The van der Waals surface area contributed by atoms with Gasteiger partial charge in [-0.1, -0.05) is 0 Å². The fourth-order valence-corrected chi connectivity index (χ4v) is 1.84. The molecule has 0 aliphatic heterocycles. The molecular weight excluding hydrogens is 295 g/mol. The van der Waals surface area contributed by atoms with Crippen LogP contribution in [0.2, 0.25) is 0 Å². The molecule has 0 radical (unpaired) electrons. The molecule has 0 spiro atoms. The Balaban J connectivity index is 0.00000200. The topological polar surface area (TPSA) is 47.7 Å². The number of aryl methyl sites for hydroxylation is 2. The lowest BCUT2D eigenvalue weighted by molar-refractivity contribution is -0.144. The molecule has 2 aromatic heterocycles. The molecule has 0 atom stereocenters. The van der Waals surface area contributed by atoms with Gasteiger partial charge in [0.25, 0.3) is 0 Å². The van der Waals surface area contributed by atoms with Crippen molar-refractivity contribution in [3.63, 3.8) is 0 Å². The monoisotopic (exact) mass is 309 g/mol. The maximum absolute atomic E-state index is 12.8. The third-order valence-corrected chi connectivity index (χ3v) is 2.99. The van der Waals surface area contributed by atoms with Gasteiger partial charge >= 0.3 is 6.18 Å². The summed E-state index contributed by atoms with van der Waals surface area (Å²) in [4.78, 5) is 0. The molecule has 2 rings (SSSR count). The summed E-state index contributed by atoms with van der Waals surface area (Å²) in [6.45, 7) is 1.89. The van der Waals surface area contributed by atoms with Crippen LogP contribution >= 0.6 is 12.4 Å². The largest absolute Gasteiger partial charge is 0.433 e. The molecule has 0 saturated heterocycles. The highest BCUT2D eigenvalue weighted by molar-refractivity contribution is 5.85. The Labute approximate surface area is 120 Å². The number of hydrogen-bond donors (Lipinski definition) is 1. The van der Waals surface area contributed by atoms with Crippen molar-refractivity contribution in [3.05, 3.63) is 29.3 Å². The lowest BCUT2D eigenvalue weighted by Crippen LogP contribution is -2.15. The molecule has 20 heavy (non-hydrogen) atoms. The number of halogens is 4. The standard InChI is InChI=1S/C11H14F3N5.ClH/c1-7-9(6-17-18(7)2)15-4-8-5-16-19(3)10(8)11(12,13)14;/h5-6,15H,4H2,1-3H3;1H. The van der Waals surface area contributed by atoms with E-state index in [0.717, 1.165) is 10.4 Å². The highest BCUT2D eigenvalue weighted by Gasteiger charge is 2.37. The van der Waals surface area contributed by atoms with Crippen LogP contribution in [0.25, 0.3) is 0 Å². The second-order valence-electron chi connectivity index (χ2n) is 4.26. The summed E-state index contributed by atoms with van der Waals surface area (Å²) in [5.41, 5.74) is 0.941. The van der Waals surface area contributed by atoms with Gasteiger partial charge < -0.3 is 5.32 Å². The second kappa shape index (κ2) is 5.74. The van der Waals surface area contributed by atoms with E-state index in [1.54, 1.807) is 17.9 Å². The van der Waals surface area contributed by atoms with Crippen molar-refractivity contribution in [2.75, 3.05) is 5.32 Å².